The van der Waals surface area contributed by atoms with E-state index in [-0.39, 0.29) is 36.1 Å². The van der Waals surface area contributed by atoms with Gasteiger partial charge in [-0.3, -0.25) is 4.79 Å². The number of alkyl carbamates (subject to hydrolysis) is 1. The van der Waals surface area contributed by atoms with Gasteiger partial charge in [0.15, 0.2) is 0 Å². The Kier molecular flexibility index (Phi) is 7.32. The molecule has 0 heterocycles. The largest absolute Gasteiger partial charge is 0.468 e. The Labute approximate surface area is 139 Å². The Morgan fingerprint density at radius 1 is 1.13 bits per heavy atom. The number of hydrogen-bond acceptors (Lipinski definition) is 5. The number of carbonyl (C=O) groups excluding carboxylic acids is 2. The second-order valence-electron chi connectivity index (χ2n) is 7.62. The molecule has 1 saturated carbocycles. The molecule has 1 fully saturated rings. The van der Waals surface area contributed by atoms with Crippen LogP contribution in [0.25, 0.3) is 0 Å². The summed E-state index contributed by atoms with van der Waals surface area (Å²) in [5.41, 5.74) is -0.496. The minimum Gasteiger partial charge on any atom is -0.468 e. The predicted octanol–water partition coefficient (Wildman–Crippen LogP) is 2.61. The zero-order chi connectivity index (χ0) is 17.6. The highest BCUT2D eigenvalue weighted by molar-refractivity contribution is 5.76. The van der Waals surface area contributed by atoms with E-state index in [2.05, 4.69) is 10.6 Å². The molecule has 0 spiro atoms. The van der Waals surface area contributed by atoms with Gasteiger partial charge in [-0.15, -0.1) is 0 Å². The third-order valence-corrected chi connectivity index (χ3v) is 3.93. The van der Waals surface area contributed by atoms with Crippen LogP contribution in [0.4, 0.5) is 4.79 Å². The molecule has 1 aliphatic rings. The van der Waals surface area contributed by atoms with E-state index in [0.717, 1.165) is 25.7 Å². The molecule has 0 aromatic heterocycles. The maximum absolute atomic E-state index is 11.9. The quantitative estimate of drug-likeness (QED) is 0.759. The minimum absolute atomic E-state index is 0.0709. The molecule has 3 atom stereocenters. The van der Waals surface area contributed by atoms with E-state index in [1.54, 1.807) is 0 Å². The van der Waals surface area contributed by atoms with E-state index >= 15 is 0 Å². The summed E-state index contributed by atoms with van der Waals surface area (Å²) in [7, 11) is 1.41. The molecule has 134 valence electrons. The van der Waals surface area contributed by atoms with Crippen LogP contribution in [-0.2, 0) is 14.3 Å². The first-order valence-electron chi connectivity index (χ1n) is 8.45. The van der Waals surface area contributed by atoms with Crippen molar-refractivity contribution >= 4 is 12.1 Å². The van der Waals surface area contributed by atoms with Crippen LogP contribution in [0.15, 0.2) is 0 Å². The summed E-state index contributed by atoms with van der Waals surface area (Å²) < 4.78 is 10.2. The van der Waals surface area contributed by atoms with Gasteiger partial charge in [0.25, 0.3) is 0 Å². The lowest BCUT2D eigenvalue weighted by atomic mass is 9.89. The molecule has 6 heteroatoms. The van der Waals surface area contributed by atoms with E-state index in [1.807, 2.05) is 34.6 Å². The van der Waals surface area contributed by atoms with Gasteiger partial charge >= 0.3 is 12.1 Å². The smallest absolute Gasteiger partial charge is 0.407 e. The maximum Gasteiger partial charge on any atom is 0.407 e. The Morgan fingerprint density at radius 2 is 1.74 bits per heavy atom. The molecule has 1 amide bonds. The Hall–Kier alpha value is -1.30. The SMILES string of the molecule is COC(=O)[C@@H](NC1CCCC(NC(=O)OC(C)(C)C)C1)C(C)C. The summed E-state index contributed by atoms with van der Waals surface area (Å²) in [6.07, 6.45) is 3.34. The van der Waals surface area contributed by atoms with Gasteiger partial charge in [-0.2, -0.15) is 0 Å². The van der Waals surface area contributed by atoms with E-state index < -0.39 is 5.60 Å². The zero-order valence-electron chi connectivity index (χ0n) is 15.3. The number of carbonyl (C=O) groups is 2. The number of hydrogen-bond donors (Lipinski definition) is 2. The first-order chi connectivity index (χ1) is 10.6. The fourth-order valence-corrected chi connectivity index (χ4v) is 2.86. The van der Waals surface area contributed by atoms with Crippen molar-refractivity contribution in [1.29, 1.82) is 0 Å². The van der Waals surface area contributed by atoms with Crippen LogP contribution in [0.5, 0.6) is 0 Å². The molecule has 0 aromatic rings. The molecule has 1 rings (SSSR count). The second-order valence-corrected chi connectivity index (χ2v) is 7.62. The molecule has 0 aromatic carbocycles. The highest BCUT2D eigenvalue weighted by atomic mass is 16.6. The van der Waals surface area contributed by atoms with Gasteiger partial charge in [0, 0.05) is 12.1 Å². The molecule has 23 heavy (non-hydrogen) atoms. The van der Waals surface area contributed by atoms with Gasteiger partial charge in [0.2, 0.25) is 0 Å². The van der Waals surface area contributed by atoms with Crippen molar-refractivity contribution in [1.82, 2.24) is 10.6 Å². The van der Waals surface area contributed by atoms with Crippen LogP contribution in [0, 0.1) is 5.92 Å². The number of ether oxygens (including phenoxy) is 2. The lowest BCUT2D eigenvalue weighted by Gasteiger charge is -2.33. The molecule has 0 bridgehead atoms. The normalized spacial score (nSPS) is 23.3. The van der Waals surface area contributed by atoms with Crippen molar-refractivity contribution in [2.45, 2.75) is 84.0 Å². The van der Waals surface area contributed by atoms with Crippen molar-refractivity contribution in [2.75, 3.05) is 7.11 Å². The summed E-state index contributed by atoms with van der Waals surface area (Å²) in [6, 6.07) is -0.0537. The van der Waals surface area contributed by atoms with Crippen LogP contribution in [0.1, 0.15) is 60.3 Å². The third kappa shape index (κ3) is 7.20. The summed E-state index contributed by atoms with van der Waals surface area (Å²) in [5, 5.41) is 6.32. The fourth-order valence-electron chi connectivity index (χ4n) is 2.86. The van der Waals surface area contributed by atoms with Gasteiger partial charge in [-0.1, -0.05) is 13.8 Å². The first-order valence-corrected chi connectivity index (χ1v) is 8.45. The summed E-state index contributed by atoms with van der Waals surface area (Å²) in [6.45, 7) is 9.53. The average Bonchev–Trinajstić information content (AvgIpc) is 2.41. The van der Waals surface area contributed by atoms with Crippen molar-refractivity contribution in [3.8, 4) is 0 Å². The third-order valence-electron chi connectivity index (χ3n) is 3.93. The topological polar surface area (TPSA) is 76.7 Å². The number of methoxy groups -OCH3 is 1. The summed E-state index contributed by atoms with van der Waals surface area (Å²) in [4.78, 5) is 23.8. The zero-order valence-corrected chi connectivity index (χ0v) is 15.3. The lowest BCUT2D eigenvalue weighted by Crippen LogP contribution is -2.51. The Balaban J connectivity index is 2.54. The van der Waals surface area contributed by atoms with Crippen molar-refractivity contribution in [3.05, 3.63) is 0 Å². The maximum atomic E-state index is 11.9. The summed E-state index contributed by atoms with van der Waals surface area (Å²) in [5.74, 6) is -0.0798. The highest BCUT2D eigenvalue weighted by Crippen LogP contribution is 2.21. The van der Waals surface area contributed by atoms with Gasteiger partial charge in [-0.05, 0) is 52.4 Å². The van der Waals surface area contributed by atoms with Crippen LogP contribution < -0.4 is 10.6 Å². The molecule has 0 aliphatic heterocycles. The molecule has 1 aliphatic carbocycles. The fraction of sp³-hybridized carbons (Fsp3) is 0.882. The Bertz CT molecular complexity index is 404. The minimum atomic E-state index is -0.496. The van der Waals surface area contributed by atoms with E-state index in [0.29, 0.717) is 0 Å². The van der Waals surface area contributed by atoms with Gasteiger partial charge < -0.3 is 20.1 Å². The first kappa shape index (κ1) is 19.7. The molecule has 2 N–H and O–H groups in total. The van der Waals surface area contributed by atoms with E-state index in [4.69, 9.17) is 9.47 Å². The molecule has 0 radical (unpaired) electrons. The summed E-state index contributed by atoms with van der Waals surface area (Å²) >= 11 is 0. The van der Waals surface area contributed by atoms with Crippen LogP contribution in [0.2, 0.25) is 0 Å². The number of rotatable bonds is 5. The van der Waals surface area contributed by atoms with Crippen LogP contribution in [-0.4, -0.2) is 42.9 Å². The number of nitrogens with one attached hydrogen (secondary N) is 2. The predicted molar refractivity (Wildman–Crippen MR) is 89.2 cm³/mol. The Morgan fingerprint density at radius 3 is 2.26 bits per heavy atom. The number of esters is 1. The van der Waals surface area contributed by atoms with E-state index in [9.17, 15) is 9.59 Å². The van der Waals surface area contributed by atoms with Crippen LogP contribution >= 0.6 is 0 Å². The highest BCUT2D eigenvalue weighted by Gasteiger charge is 2.30. The van der Waals surface area contributed by atoms with Crippen molar-refractivity contribution < 1.29 is 19.1 Å². The second kappa shape index (κ2) is 8.52. The van der Waals surface area contributed by atoms with Gasteiger partial charge in [0.1, 0.15) is 11.6 Å². The monoisotopic (exact) mass is 328 g/mol. The molecule has 0 saturated heterocycles. The lowest BCUT2D eigenvalue weighted by molar-refractivity contribution is -0.144. The van der Waals surface area contributed by atoms with E-state index in [1.165, 1.54) is 7.11 Å². The molecular formula is C17H32N2O4. The van der Waals surface area contributed by atoms with Gasteiger partial charge in [0.05, 0.1) is 7.11 Å². The average molecular weight is 328 g/mol. The standard InChI is InChI=1S/C17H32N2O4/c1-11(2)14(15(20)22-6)18-12-8-7-9-13(10-12)19-16(21)23-17(3,4)5/h11-14,18H,7-10H2,1-6H3,(H,19,21)/t12?,13?,14-/m0/s1. The van der Waals surface area contributed by atoms with Crippen molar-refractivity contribution in [2.24, 2.45) is 5.92 Å². The molecule has 6 nitrogen and oxygen atoms in total. The molecule has 2 unspecified atom stereocenters. The molecular weight excluding hydrogens is 296 g/mol. The van der Waals surface area contributed by atoms with Crippen LogP contribution in [0.3, 0.4) is 0 Å². The van der Waals surface area contributed by atoms with Crippen molar-refractivity contribution in [3.63, 3.8) is 0 Å². The van der Waals surface area contributed by atoms with Gasteiger partial charge in [-0.25, -0.2) is 4.79 Å². The number of amides is 1.